The predicted molar refractivity (Wildman–Crippen MR) is 97.4 cm³/mol. The smallest absolute Gasteiger partial charge is 0.270 e. The van der Waals surface area contributed by atoms with E-state index >= 15 is 0 Å². The first-order valence-electron chi connectivity index (χ1n) is 9.24. The van der Waals surface area contributed by atoms with Crippen molar-refractivity contribution in [2.75, 3.05) is 32.8 Å². The molecule has 0 bridgehead atoms. The van der Waals surface area contributed by atoms with Crippen LogP contribution >= 0.6 is 0 Å². The minimum atomic E-state index is -0.306. The Morgan fingerprint density at radius 3 is 2.81 bits per heavy atom. The molecular formula is C19H24N4O3. The molecule has 7 nitrogen and oxygen atoms in total. The van der Waals surface area contributed by atoms with Gasteiger partial charge in [-0.25, -0.2) is 4.98 Å². The summed E-state index contributed by atoms with van der Waals surface area (Å²) in [5.74, 6) is -0.222. The number of carbonyl (C=O) groups excluding carboxylic acids is 1. The van der Waals surface area contributed by atoms with Gasteiger partial charge in [0.25, 0.3) is 11.5 Å². The summed E-state index contributed by atoms with van der Waals surface area (Å²) in [7, 11) is 0. The molecular weight excluding hydrogens is 332 g/mol. The molecule has 0 saturated carbocycles. The fourth-order valence-electron chi connectivity index (χ4n) is 4.00. The molecule has 2 saturated heterocycles. The molecule has 0 spiro atoms. The Morgan fingerprint density at radius 1 is 1.23 bits per heavy atom. The number of hydrogen-bond donors (Lipinski definition) is 0. The van der Waals surface area contributed by atoms with E-state index in [2.05, 4.69) is 16.8 Å². The topological polar surface area (TPSA) is 67.2 Å². The predicted octanol–water partition coefficient (Wildman–Crippen LogP) is 1.02. The molecule has 2 fully saturated rings. The molecule has 2 aromatic heterocycles. The SMILES string of the molecule is C[C@H]1CN(C2CCOCC2)CCN1C(=O)c1cnc2ccccn2c1=O. The van der Waals surface area contributed by atoms with Gasteiger partial charge in [-0.15, -0.1) is 0 Å². The number of hydrogen-bond acceptors (Lipinski definition) is 5. The van der Waals surface area contributed by atoms with Gasteiger partial charge >= 0.3 is 0 Å². The molecule has 2 aliphatic rings. The van der Waals surface area contributed by atoms with Crippen LogP contribution in [0.2, 0.25) is 0 Å². The molecule has 0 aromatic carbocycles. The summed E-state index contributed by atoms with van der Waals surface area (Å²) in [6.45, 7) is 5.99. The molecule has 0 N–H and O–H groups in total. The van der Waals surface area contributed by atoms with Crippen molar-refractivity contribution in [2.45, 2.75) is 31.8 Å². The fourth-order valence-corrected chi connectivity index (χ4v) is 4.00. The Labute approximate surface area is 152 Å². The van der Waals surface area contributed by atoms with Gasteiger partial charge in [0.15, 0.2) is 0 Å². The lowest BCUT2D eigenvalue weighted by molar-refractivity contribution is 0.000645. The summed E-state index contributed by atoms with van der Waals surface area (Å²) in [5.41, 5.74) is 0.381. The highest BCUT2D eigenvalue weighted by atomic mass is 16.5. The molecule has 138 valence electrons. The number of fused-ring (bicyclic) bond motifs is 1. The van der Waals surface area contributed by atoms with Crippen LogP contribution in [0.3, 0.4) is 0 Å². The number of rotatable bonds is 2. The van der Waals surface area contributed by atoms with E-state index in [0.29, 0.717) is 18.2 Å². The maximum Gasteiger partial charge on any atom is 0.270 e. The molecule has 0 aliphatic carbocycles. The van der Waals surface area contributed by atoms with Crippen LogP contribution in [0.1, 0.15) is 30.1 Å². The Hall–Kier alpha value is -2.25. The number of aromatic nitrogens is 2. The van der Waals surface area contributed by atoms with Gasteiger partial charge in [0.05, 0.1) is 0 Å². The van der Waals surface area contributed by atoms with Crippen molar-refractivity contribution in [3.05, 3.63) is 46.5 Å². The highest BCUT2D eigenvalue weighted by Gasteiger charge is 2.33. The molecule has 7 heteroatoms. The normalized spacial score (nSPS) is 22.7. The minimum Gasteiger partial charge on any atom is -0.381 e. The second-order valence-corrected chi connectivity index (χ2v) is 7.09. The summed E-state index contributed by atoms with van der Waals surface area (Å²) < 4.78 is 6.87. The van der Waals surface area contributed by atoms with Gasteiger partial charge in [0, 0.05) is 57.3 Å². The number of carbonyl (C=O) groups is 1. The summed E-state index contributed by atoms with van der Waals surface area (Å²) in [6, 6.07) is 5.94. The van der Waals surface area contributed by atoms with Crippen LogP contribution in [0.25, 0.3) is 5.65 Å². The lowest BCUT2D eigenvalue weighted by atomic mass is 10.0. The van der Waals surface area contributed by atoms with Crippen LogP contribution in [-0.4, -0.2) is 70.0 Å². The molecule has 1 atom stereocenters. The average molecular weight is 356 g/mol. The van der Waals surface area contributed by atoms with Gasteiger partial charge in [-0.05, 0) is 31.9 Å². The molecule has 1 amide bonds. The summed E-state index contributed by atoms with van der Waals surface area (Å²) in [5, 5.41) is 0. The lowest BCUT2D eigenvalue weighted by Crippen LogP contribution is -2.57. The van der Waals surface area contributed by atoms with E-state index in [1.807, 2.05) is 11.0 Å². The zero-order valence-corrected chi connectivity index (χ0v) is 15.0. The van der Waals surface area contributed by atoms with Crippen LogP contribution in [0.5, 0.6) is 0 Å². The first-order chi connectivity index (χ1) is 12.6. The van der Waals surface area contributed by atoms with E-state index in [1.54, 1.807) is 18.3 Å². The van der Waals surface area contributed by atoms with Gasteiger partial charge in [-0.2, -0.15) is 0 Å². The lowest BCUT2D eigenvalue weighted by Gasteiger charge is -2.44. The number of piperazine rings is 1. The van der Waals surface area contributed by atoms with Gasteiger partial charge in [0.2, 0.25) is 0 Å². The van der Waals surface area contributed by atoms with Gasteiger partial charge < -0.3 is 9.64 Å². The number of ether oxygens (including phenoxy) is 1. The van der Waals surface area contributed by atoms with Crippen molar-refractivity contribution in [1.82, 2.24) is 19.2 Å². The van der Waals surface area contributed by atoms with Gasteiger partial charge in [-0.1, -0.05) is 6.07 Å². The number of amides is 1. The van der Waals surface area contributed by atoms with Crippen molar-refractivity contribution < 1.29 is 9.53 Å². The largest absolute Gasteiger partial charge is 0.381 e. The molecule has 2 aliphatic heterocycles. The summed E-state index contributed by atoms with van der Waals surface area (Å²) in [4.78, 5) is 34.2. The van der Waals surface area contributed by atoms with E-state index in [1.165, 1.54) is 10.6 Å². The maximum absolute atomic E-state index is 13.0. The first kappa shape index (κ1) is 17.2. The van der Waals surface area contributed by atoms with E-state index < -0.39 is 0 Å². The van der Waals surface area contributed by atoms with Gasteiger partial charge in [0.1, 0.15) is 11.2 Å². The van der Waals surface area contributed by atoms with Crippen LogP contribution in [-0.2, 0) is 4.74 Å². The zero-order chi connectivity index (χ0) is 18.1. The third kappa shape index (κ3) is 3.12. The highest BCUT2D eigenvalue weighted by Crippen LogP contribution is 2.20. The molecule has 26 heavy (non-hydrogen) atoms. The monoisotopic (exact) mass is 356 g/mol. The summed E-state index contributed by atoms with van der Waals surface area (Å²) >= 11 is 0. The minimum absolute atomic E-state index is 0.0648. The first-order valence-corrected chi connectivity index (χ1v) is 9.24. The third-order valence-electron chi connectivity index (χ3n) is 5.47. The molecule has 2 aromatic rings. The molecule has 4 heterocycles. The van der Waals surface area contributed by atoms with Crippen molar-refractivity contribution >= 4 is 11.6 Å². The molecule has 0 radical (unpaired) electrons. The number of pyridine rings is 1. The second-order valence-electron chi connectivity index (χ2n) is 7.09. The van der Waals surface area contributed by atoms with Crippen molar-refractivity contribution in [3.63, 3.8) is 0 Å². The average Bonchev–Trinajstić information content (AvgIpc) is 2.68. The third-order valence-corrected chi connectivity index (χ3v) is 5.47. The molecule has 4 rings (SSSR count). The van der Waals surface area contributed by atoms with Crippen LogP contribution in [0.4, 0.5) is 0 Å². The summed E-state index contributed by atoms with van der Waals surface area (Å²) in [6.07, 6.45) is 5.17. The highest BCUT2D eigenvalue weighted by molar-refractivity contribution is 5.94. The zero-order valence-electron chi connectivity index (χ0n) is 15.0. The van der Waals surface area contributed by atoms with Crippen LogP contribution < -0.4 is 5.56 Å². The van der Waals surface area contributed by atoms with E-state index in [-0.39, 0.29) is 23.1 Å². The second kappa shape index (κ2) is 7.17. The van der Waals surface area contributed by atoms with Crippen molar-refractivity contribution in [2.24, 2.45) is 0 Å². The standard InChI is InChI=1S/C19H24N4O3/c1-14-13-21(15-5-10-26-11-6-15)8-9-22(14)18(24)16-12-20-17-4-2-3-7-23(17)19(16)25/h2-4,7,12,14-15H,5-6,8-11,13H2,1H3/t14-/m0/s1. The molecule has 0 unspecified atom stereocenters. The Balaban J connectivity index is 1.52. The van der Waals surface area contributed by atoms with E-state index in [0.717, 1.165) is 39.1 Å². The quantitative estimate of drug-likeness (QED) is 0.804. The van der Waals surface area contributed by atoms with E-state index in [4.69, 9.17) is 4.74 Å². The Morgan fingerprint density at radius 2 is 2.04 bits per heavy atom. The van der Waals surface area contributed by atoms with Crippen molar-refractivity contribution in [3.8, 4) is 0 Å². The van der Waals surface area contributed by atoms with E-state index in [9.17, 15) is 9.59 Å². The van der Waals surface area contributed by atoms with Crippen LogP contribution in [0.15, 0.2) is 35.4 Å². The van der Waals surface area contributed by atoms with Crippen molar-refractivity contribution in [1.29, 1.82) is 0 Å². The Bertz CT molecular complexity index is 859. The maximum atomic E-state index is 13.0. The van der Waals surface area contributed by atoms with Crippen LogP contribution in [0, 0.1) is 0 Å². The Kier molecular flexibility index (Phi) is 4.74. The van der Waals surface area contributed by atoms with Gasteiger partial charge in [-0.3, -0.25) is 18.9 Å². The fraction of sp³-hybridized carbons (Fsp3) is 0.526. The number of nitrogens with zero attached hydrogens (tertiary/aromatic N) is 4.